The molecule has 0 unspecified atom stereocenters. The van der Waals surface area contributed by atoms with E-state index < -0.39 is 0 Å². The first-order chi connectivity index (χ1) is 10.0. The fourth-order valence-electron chi connectivity index (χ4n) is 1.96. The molecule has 2 rings (SSSR count). The van der Waals surface area contributed by atoms with Crippen molar-refractivity contribution >= 4 is 28.8 Å². The molecule has 5 nitrogen and oxygen atoms in total. The number of nitrogens with one attached hydrogen (secondary N) is 1. The van der Waals surface area contributed by atoms with Gasteiger partial charge in [0.2, 0.25) is 5.91 Å². The van der Waals surface area contributed by atoms with Crippen molar-refractivity contribution in [3.8, 4) is 0 Å². The monoisotopic (exact) mass is 302 g/mol. The summed E-state index contributed by atoms with van der Waals surface area (Å²) in [6.07, 6.45) is 4.95. The zero-order valence-electron chi connectivity index (χ0n) is 11.9. The first kappa shape index (κ1) is 15.2. The molecule has 21 heavy (non-hydrogen) atoms. The van der Waals surface area contributed by atoms with Crippen molar-refractivity contribution in [3.63, 3.8) is 0 Å². The molecule has 1 aromatic carbocycles. The molecule has 0 saturated heterocycles. The van der Waals surface area contributed by atoms with Gasteiger partial charge < -0.3 is 11.1 Å². The highest BCUT2D eigenvalue weighted by molar-refractivity contribution is 7.80. The number of nitrogens with two attached hydrogens (primary N) is 1. The predicted octanol–water partition coefficient (Wildman–Crippen LogP) is 2.24. The third-order valence-corrected chi connectivity index (χ3v) is 3.22. The Labute approximate surface area is 129 Å². The predicted molar refractivity (Wildman–Crippen MR) is 87.2 cm³/mol. The molecule has 0 radical (unpaired) electrons. The number of aryl methyl sites for hydroxylation is 2. The van der Waals surface area contributed by atoms with Gasteiger partial charge in [0.1, 0.15) is 4.99 Å². The van der Waals surface area contributed by atoms with Crippen molar-refractivity contribution in [2.45, 2.75) is 26.3 Å². The number of rotatable bonds is 6. The Bertz CT molecular complexity index is 651. The van der Waals surface area contributed by atoms with Crippen LogP contribution in [0, 0.1) is 6.92 Å². The molecule has 0 spiro atoms. The van der Waals surface area contributed by atoms with Gasteiger partial charge in [-0.2, -0.15) is 5.10 Å². The molecule has 1 amide bonds. The second-order valence-electron chi connectivity index (χ2n) is 4.88. The molecule has 0 aliphatic rings. The van der Waals surface area contributed by atoms with E-state index in [1.54, 1.807) is 12.3 Å². The zero-order valence-corrected chi connectivity index (χ0v) is 12.7. The lowest BCUT2D eigenvalue weighted by Crippen LogP contribution is -2.14. The quantitative estimate of drug-likeness (QED) is 0.803. The maximum atomic E-state index is 11.9. The summed E-state index contributed by atoms with van der Waals surface area (Å²) < 4.78 is 1.84. The molecule has 0 aliphatic carbocycles. The van der Waals surface area contributed by atoms with Crippen molar-refractivity contribution < 1.29 is 4.79 Å². The van der Waals surface area contributed by atoms with Gasteiger partial charge in [-0.05, 0) is 31.0 Å². The Morgan fingerprint density at radius 2 is 2.29 bits per heavy atom. The number of amides is 1. The standard InChI is InChI=1S/C15H18N4OS/c1-11-9-17-19(10-11)7-3-6-14(20)18-13-5-2-4-12(8-13)15(16)21/h2,4-5,8-10H,3,6-7H2,1H3,(H2,16,21)(H,18,20). The third-order valence-electron chi connectivity index (χ3n) is 2.98. The summed E-state index contributed by atoms with van der Waals surface area (Å²) in [5, 5.41) is 7.03. The van der Waals surface area contributed by atoms with E-state index in [0.717, 1.165) is 24.1 Å². The van der Waals surface area contributed by atoms with Gasteiger partial charge in [0, 0.05) is 30.4 Å². The molecule has 1 heterocycles. The van der Waals surface area contributed by atoms with Gasteiger partial charge in [0.25, 0.3) is 0 Å². The van der Waals surface area contributed by atoms with Crippen LogP contribution in [0.25, 0.3) is 0 Å². The van der Waals surface area contributed by atoms with E-state index in [4.69, 9.17) is 18.0 Å². The van der Waals surface area contributed by atoms with E-state index in [2.05, 4.69) is 10.4 Å². The Hall–Kier alpha value is -2.21. The molecule has 0 saturated carbocycles. The van der Waals surface area contributed by atoms with Crippen LogP contribution in [-0.4, -0.2) is 20.7 Å². The summed E-state index contributed by atoms with van der Waals surface area (Å²) in [5.41, 5.74) is 8.14. The van der Waals surface area contributed by atoms with Crippen LogP contribution >= 0.6 is 12.2 Å². The van der Waals surface area contributed by atoms with Crippen LogP contribution in [0.2, 0.25) is 0 Å². The van der Waals surface area contributed by atoms with Crippen LogP contribution in [0.15, 0.2) is 36.7 Å². The van der Waals surface area contributed by atoms with Crippen LogP contribution in [-0.2, 0) is 11.3 Å². The number of anilines is 1. The minimum absolute atomic E-state index is 0.0287. The second kappa shape index (κ2) is 6.99. The van der Waals surface area contributed by atoms with Gasteiger partial charge in [0.15, 0.2) is 0 Å². The number of aromatic nitrogens is 2. The minimum Gasteiger partial charge on any atom is -0.389 e. The smallest absolute Gasteiger partial charge is 0.224 e. The molecule has 110 valence electrons. The normalized spacial score (nSPS) is 10.3. The molecule has 2 aromatic rings. The Balaban J connectivity index is 1.81. The van der Waals surface area contributed by atoms with Gasteiger partial charge >= 0.3 is 0 Å². The van der Waals surface area contributed by atoms with Crippen LogP contribution in [0.5, 0.6) is 0 Å². The highest BCUT2D eigenvalue weighted by atomic mass is 32.1. The number of nitrogens with zero attached hydrogens (tertiary/aromatic N) is 2. The van der Waals surface area contributed by atoms with E-state index in [-0.39, 0.29) is 5.91 Å². The molecule has 0 fully saturated rings. The highest BCUT2D eigenvalue weighted by Crippen LogP contribution is 2.11. The van der Waals surface area contributed by atoms with Crippen molar-refractivity contribution in [2.24, 2.45) is 5.73 Å². The number of benzene rings is 1. The van der Waals surface area contributed by atoms with E-state index >= 15 is 0 Å². The van der Waals surface area contributed by atoms with Gasteiger partial charge in [0.05, 0.1) is 6.20 Å². The average Bonchev–Trinajstić information content (AvgIpc) is 2.84. The maximum absolute atomic E-state index is 11.9. The van der Waals surface area contributed by atoms with Crippen molar-refractivity contribution in [1.82, 2.24) is 9.78 Å². The van der Waals surface area contributed by atoms with Gasteiger partial charge in [-0.3, -0.25) is 9.48 Å². The second-order valence-corrected chi connectivity index (χ2v) is 5.32. The molecule has 1 aromatic heterocycles. The lowest BCUT2D eigenvalue weighted by Gasteiger charge is -2.07. The van der Waals surface area contributed by atoms with Gasteiger partial charge in [-0.25, -0.2) is 0 Å². The maximum Gasteiger partial charge on any atom is 0.224 e. The van der Waals surface area contributed by atoms with Gasteiger partial charge in [-0.1, -0.05) is 24.4 Å². The van der Waals surface area contributed by atoms with Crippen LogP contribution < -0.4 is 11.1 Å². The van der Waals surface area contributed by atoms with E-state index in [9.17, 15) is 4.79 Å². The fourth-order valence-corrected chi connectivity index (χ4v) is 2.09. The third kappa shape index (κ3) is 4.68. The summed E-state index contributed by atoms with van der Waals surface area (Å²) in [6.45, 7) is 2.72. The largest absolute Gasteiger partial charge is 0.389 e. The summed E-state index contributed by atoms with van der Waals surface area (Å²) >= 11 is 4.92. The molecule has 3 N–H and O–H groups in total. The van der Waals surface area contributed by atoms with Crippen LogP contribution in [0.1, 0.15) is 24.0 Å². The zero-order chi connectivity index (χ0) is 15.2. The number of thiocarbonyl (C=S) groups is 1. The molecular weight excluding hydrogens is 284 g/mol. The number of carbonyl (C=O) groups excluding carboxylic acids is 1. The average molecular weight is 302 g/mol. The Morgan fingerprint density at radius 1 is 1.48 bits per heavy atom. The molecular formula is C15H18N4OS. The number of hydrogen-bond donors (Lipinski definition) is 2. The molecule has 0 atom stereocenters. The van der Waals surface area contributed by atoms with E-state index in [1.807, 2.05) is 36.0 Å². The number of carbonyl (C=O) groups is 1. The lowest BCUT2D eigenvalue weighted by molar-refractivity contribution is -0.116. The first-order valence-corrected chi connectivity index (χ1v) is 7.14. The lowest BCUT2D eigenvalue weighted by atomic mass is 10.2. The van der Waals surface area contributed by atoms with Crippen LogP contribution in [0.3, 0.4) is 0 Å². The molecule has 0 bridgehead atoms. The Kier molecular flexibility index (Phi) is 5.05. The summed E-state index contributed by atoms with van der Waals surface area (Å²) in [7, 11) is 0. The molecule has 0 aliphatic heterocycles. The van der Waals surface area contributed by atoms with E-state index in [0.29, 0.717) is 17.1 Å². The minimum atomic E-state index is -0.0287. The topological polar surface area (TPSA) is 72.9 Å². The van der Waals surface area contributed by atoms with Crippen molar-refractivity contribution in [2.75, 3.05) is 5.32 Å². The highest BCUT2D eigenvalue weighted by Gasteiger charge is 2.04. The van der Waals surface area contributed by atoms with E-state index in [1.165, 1.54) is 0 Å². The fraction of sp³-hybridized carbons (Fsp3) is 0.267. The summed E-state index contributed by atoms with van der Waals surface area (Å²) in [5.74, 6) is -0.0287. The Morgan fingerprint density at radius 3 is 2.95 bits per heavy atom. The summed E-state index contributed by atoms with van der Waals surface area (Å²) in [4.78, 5) is 12.2. The molecule has 6 heteroatoms. The SMILES string of the molecule is Cc1cnn(CCCC(=O)Nc2cccc(C(N)=S)c2)c1. The van der Waals surface area contributed by atoms with Crippen molar-refractivity contribution in [1.29, 1.82) is 0 Å². The van der Waals surface area contributed by atoms with Crippen molar-refractivity contribution in [3.05, 3.63) is 47.8 Å². The summed E-state index contributed by atoms with van der Waals surface area (Å²) in [6, 6.07) is 7.22. The van der Waals surface area contributed by atoms with Crippen LogP contribution in [0.4, 0.5) is 5.69 Å². The number of hydrogen-bond acceptors (Lipinski definition) is 3. The first-order valence-electron chi connectivity index (χ1n) is 6.73. The van der Waals surface area contributed by atoms with Gasteiger partial charge in [-0.15, -0.1) is 0 Å².